The number of rotatable bonds is 5. The van der Waals surface area contributed by atoms with Gasteiger partial charge >= 0.3 is 6.36 Å². The van der Waals surface area contributed by atoms with Gasteiger partial charge in [0.2, 0.25) is 0 Å². The fourth-order valence-corrected chi connectivity index (χ4v) is 1.78. The van der Waals surface area contributed by atoms with Crippen molar-refractivity contribution in [3.8, 4) is 11.5 Å². The van der Waals surface area contributed by atoms with Gasteiger partial charge in [-0.05, 0) is 47.5 Å². The Morgan fingerprint density at radius 1 is 0.875 bits per heavy atom. The summed E-state index contributed by atoms with van der Waals surface area (Å²) < 4.78 is 39.9. The van der Waals surface area contributed by atoms with Gasteiger partial charge in [-0.2, -0.15) is 0 Å². The second kappa shape index (κ2) is 7.50. The topological polar surface area (TPSA) is 46.5 Å². The lowest BCUT2D eigenvalue weighted by molar-refractivity contribution is -0.274. The minimum absolute atomic E-state index is 0.135. The van der Waals surface area contributed by atoms with Crippen molar-refractivity contribution in [2.45, 2.75) is 6.36 Å². The van der Waals surface area contributed by atoms with Gasteiger partial charge in [0.05, 0.1) is 0 Å². The van der Waals surface area contributed by atoms with E-state index < -0.39 is 6.36 Å². The minimum Gasteiger partial charge on any atom is -0.508 e. The monoisotopic (exact) mass is 334 g/mol. The Balaban J connectivity index is 1.94. The predicted octanol–water partition coefficient (Wildman–Crippen LogP) is 4.59. The second-order valence-corrected chi connectivity index (χ2v) is 4.78. The summed E-state index contributed by atoms with van der Waals surface area (Å²) in [5.41, 5.74) is 1.32. The molecular weight excluding hydrogens is 321 g/mol. The van der Waals surface area contributed by atoms with Gasteiger partial charge in [-0.3, -0.25) is 4.79 Å². The number of benzene rings is 2. The molecule has 0 aliphatic heterocycles. The van der Waals surface area contributed by atoms with Crippen LogP contribution in [0.25, 0.3) is 12.2 Å². The molecule has 2 aromatic carbocycles. The molecule has 1 N–H and O–H groups in total. The Hall–Kier alpha value is -3.02. The molecule has 2 rings (SSSR count). The van der Waals surface area contributed by atoms with Crippen molar-refractivity contribution in [3.63, 3.8) is 0 Å². The lowest BCUT2D eigenvalue weighted by Gasteiger charge is -2.08. The van der Waals surface area contributed by atoms with Gasteiger partial charge in [-0.25, -0.2) is 0 Å². The third kappa shape index (κ3) is 6.00. The summed E-state index contributed by atoms with van der Waals surface area (Å²) in [6, 6.07) is 11.5. The third-order valence-corrected chi connectivity index (χ3v) is 2.89. The van der Waals surface area contributed by atoms with Gasteiger partial charge in [-0.1, -0.05) is 36.4 Å². The van der Waals surface area contributed by atoms with Gasteiger partial charge in [0.25, 0.3) is 0 Å². The number of ketones is 1. The van der Waals surface area contributed by atoms with E-state index in [1.54, 1.807) is 18.2 Å². The first-order chi connectivity index (χ1) is 11.3. The molecule has 0 saturated carbocycles. The first-order valence-electron chi connectivity index (χ1n) is 6.87. The van der Waals surface area contributed by atoms with Crippen molar-refractivity contribution >= 4 is 17.9 Å². The molecule has 0 atom stereocenters. The average Bonchev–Trinajstić information content (AvgIpc) is 2.52. The van der Waals surface area contributed by atoms with E-state index in [2.05, 4.69) is 4.74 Å². The molecule has 3 nitrogen and oxygen atoms in total. The highest BCUT2D eigenvalue weighted by Gasteiger charge is 2.30. The summed E-state index contributed by atoms with van der Waals surface area (Å²) in [5.74, 6) is -0.465. The van der Waals surface area contributed by atoms with E-state index in [4.69, 9.17) is 5.11 Å². The number of phenolic OH excluding ortho intramolecular Hbond substituents is 1. The average molecular weight is 334 g/mol. The van der Waals surface area contributed by atoms with Crippen molar-refractivity contribution < 1.29 is 27.8 Å². The van der Waals surface area contributed by atoms with Crippen molar-refractivity contribution in [3.05, 3.63) is 71.8 Å². The molecule has 0 heterocycles. The molecule has 0 fully saturated rings. The zero-order valence-electron chi connectivity index (χ0n) is 12.3. The summed E-state index contributed by atoms with van der Waals surface area (Å²) in [5, 5.41) is 9.15. The van der Waals surface area contributed by atoms with E-state index in [0.29, 0.717) is 5.56 Å². The molecule has 6 heteroatoms. The second-order valence-electron chi connectivity index (χ2n) is 4.78. The summed E-state index contributed by atoms with van der Waals surface area (Å²) in [7, 11) is 0. The number of allylic oxidation sites excluding steroid dienone is 2. The predicted molar refractivity (Wildman–Crippen MR) is 84.3 cm³/mol. The van der Waals surface area contributed by atoms with Crippen LogP contribution in [-0.4, -0.2) is 17.3 Å². The summed E-state index contributed by atoms with van der Waals surface area (Å²) in [4.78, 5) is 11.7. The minimum atomic E-state index is -4.73. The van der Waals surface area contributed by atoms with Gasteiger partial charge in [0, 0.05) is 0 Å². The number of carbonyl (C=O) groups excluding carboxylic acids is 1. The number of hydrogen-bond acceptors (Lipinski definition) is 3. The van der Waals surface area contributed by atoms with Crippen molar-refractivity contribution in [1.82, 2.24) is 0 Å². The maximum Gasteiger partial charge on any atom is 0.573 e. The summed E-state index contributed by atoms with van der Waals surface area (Å²) in [6.45, 7) is 0. The Kier molecular flexibility index (Phi) is 5.42. The Labute approximate surface area is 136 Å². The molecule has 0 aromatic heterocycles. The largest absolute Gasteiger partial charge is 0.573 e. The quantitative estimate of drug-likeness (QED) is 0.814. The lowest BCUT2D eigenvalue weighted by atomic mass is 10.1. The van der Waals surface area contributed by atoms with Gasteiger partial charge in [-0.15, -0.1) is 13.2 Å². The normalized spacial score (nSPS) is 12.0. The molecular formula is C18H13F3O3. The number of hydrogen-bond donors (Lipinski definition) is 1. The Morgan fingerprint density at radius 3 is 1.79 bits per heavy atom. The zero-order chi connectivity index (χ0) is 17.6. The van der Waals surface area contributed by atoms with Crippen LogP contribution in [0.3, 0.4) is 0 Å². The van der Waals surface area contributed by atoms with E-state index in [9.17, 15) is 18.0 Å². The standard InChI is InChI=1S/C18H13F3O3/c19-18(20,21)24-17-11-5-14(6-12-17)4-10-16(23)9-3-13-1-7-15(22)8-2-13/h1-12,22H/b9-3+,10-4+. The highest BCUT2D eigenvalue weighted by atomic mass is 19.4. The van der Waals surface area contributed by atoms with Crippen LogP contribution in [0.5, 0.6) is 11.5 Å². The number of halogens is 3. The van der Waals surface area contributed by atoms with Crippen LogP contribution in [0.1, 0.15) is 11.1 Å². The highest BCUT2D eigenvalue weighted by molar-refractivity contribution is 6.04. The first-order valence-corrected chi connectivity index (χ1v) is 6.87. The molecule has 2 aromatic rings. The van der Waals surface area contributed by atoms with E-state index >= 15 is 0 Å². The molecule has 0 unspecified atom stereocenters. The van der Waals surface area contributed by atoms with E-state index in [1.165, 1.54) is 54.6 Å². The molecule has 0 spiro atoms. The van der Waals surface area contributed by atoms with Crippen molar-refractivity contribution in [1.29, 1.82) is 0 Å². The fraction of sp³-hybridized carbons (Fsp3) is 0.0556. The van der Waals surface area contributed by atoms with Gasteiger partial charge < -0.3 is 9.84 Å². The lowest BCUT2D eigenvalue weighted by Crippen LogP contribution is -2.16. The zero-order valence-corrected chi connectivity index (χ0v) is 12.3. The van der Waals surface area contributed by atoms with Crippen LogP contribution in [-0.2, 0) is 4.79 Å². The fourth-order valence-electron chi connectivity index (χ4n) is 1.78. The number of phenols is 1. The Bertz CT molecular complexity index is 743. The smallest absolute Gasteiger partial charge is 0.508 e. The van der Waals surface area contributed by atoms with Crippen LogP contribution in [0.2, 0.25) is 0 Å². The van der Waals surface area contributed by atoms with E-state index in [0.717, 1.165) is 5.56 Å². The highest BCUT2D eigenvalue weighted by Crippen LogP contribution is 2.23. The van der Waals surface area contributed by atoms with Crippen molar-refractivity contribution in [2.75, 3.05) is 0 Å². The molecule has 0 bridgehead atoms. The first kappa shape index (κ1) is 17.3. The van der Waals surface area contributed by atoms with E-state index in [1.807, 2.05) is 0 Å². The van der Waals surface area contributed by atoms with Crippen LogP contribution in [0, 0.1) is 0 Å². The number of carbonyl (C=O) groups is 1. The molecule has 24 heavy (non-hydrogen) atoms. The van der Waals surface area contributed by atoms with Gasteiger partial charge in [0.1, 0.15) is 11.5 Å². The van der Waals surface area contributed by atoms with Crippen LogP contribution < -0.4 is 4.74 Å². The SMILES string of the molecule is O=C(/C=C/c1ccc(O)cc1)/C=C/c1ccc(OC(F)(F)F)cc1. The number of alkyl halides is 3. The maximum atomic E-state index is 12.0. The van der Waals surface area contributed by atoms with Gasteiger partial charge in [0.15, 0.2) is 5.78 Å². The number of aromatic hydroxyl groups is 1. The molecule has 124 valence electrons. The third-order valence-electron chi connectivity index (χ3n) is 2.89. The molecule has 0 amide bonds. The molecule has 0 aliphatic rings. The van der Waals surface area contributed by atoms with Crippen LogP contribution >= 0.6 is 0 Å². The molecule has 0 radical (unpaired) electrons. The van der Waals surface area contributed by atoms with E-state index in [-0.39, 0.29) is 17.3 Å². The maximum absolute atomic E-state index is 12.0. The molecule has 0 aliphatic carbocycles. The summed E-state index contributed by atoms with van der Waals surface area (Å²) >= 11 is 0. The Morgan fingerprint density at radius 2 is 1.33 bits per heavy atom. The van der Waals surface area contributed by atoms with Crippen LogP contribution in [0.15, 0.2) is 60.7 Å². The molecule has 0 saturated heterocycles. The number of ether oxygens (including phenoxy) is 1. The summed E-state index contributed by atoms with van der Waals surface area (Å²) in [6.07, 6.45) is 1.00. The van der Waals surface area contributed by atoms with Crippen molar-refractivity contribution in [2.24, 2.45) is 0 Å². The van der Waals surface area contributed by atoms with Crippen LogP contribution in [0.4, 0.5) is 13.2 Å².